The Balaban J connectivity index is 2.53. The number of benzene rings is 1. The number of halogens is 1. The summed E-state index contributed by atoms with van der Waals surface area (Å²) in [5.74, 6) is 0.127. The summed E-state index contributed by atoms with van der Waals surface area (Å²) >= 11 is 5.43. The molecular weight excluding hydrogens is 272 g/mol. The van der Waals surface area contributed by atoms with Gasteiger partial charge in [-0.05, 0) is 19.1 Å². The van der Waals surface area contributed by atoms with E-state index in [1.54, 1.807) is 6.92 Å². The average molecular weight is 287 g/mol. The van der Waals surface area contributed by atoms with Crippen LogP contribution in [0.1, 0.15) is 15.9 Å². The van der Waals surface area contributed by atoms with Crippen molar-refractivity contribution >= 4 is 23.2 Å². The van der Waals surface area contributed by atoms with Crippen molar-refractivity contribution < 1.29 is 14.5 Å². The zero-order valence-electron chi connectivity index (χ0n) is 10.5. The normalized spacial score (nSPS) is 10.2. The van der Waals surface area contributed by atoms with Crippen LogP contribution in [-0.2, 0) is 4.74 Å². The van der Waals surface area contributed by atoms with Crippen molar-refractivity contribution in [3.8, 4) is 0 Å². The summed E-state index contributed by atoms with van der Waals surface area (Å²) in [7, 11) is 0. The van der Waals surface area contributed by atoms with E-state index in [0.717, 1.165) is 0 Å². The van der Waals surface area contributed by atoms with Crippen molar-refractivity contribution in [2.75, 3.05) is 25.6 Å². The number of carbonyl (C=O) groups is 1. The first-order valence-electron chi connectivity index (χ1n) is 5.73. The van der Waals surface area contributed by atoms with Crippen LogP contribution in [-0.4, -0.2) is 36.5 Å². The van der Waals surface area contributed by atoms with Gasteiger partial charge in [0, 0.05) is 29.6 Å². The largest absolute Gasteiger partial charge is 0.378 e. The molecule has 0 unspecified atom stereocenters. The summed E-state index contributed by atoms with van der Waals surface area (Å²) in [5, 5.41) is 13.3. The minimum atomic E-state index is -0.475. The van der Waals surface area contributed by atoms with Gasteiger partial charge in [0.1, 0.15) is 0 Å². The highest BCUT2D eigenvalue weighted by atomic mass is 35.5. The van der Waals surface area contributed by atoms with Crippen LogP contribution in [0.2, 0.25) is 0 Å². The van der Waals surface area contributed by atoms with Crippen LogP contribution in [0.5, 0.6) is 0 Å². The third-order valence-corrected chi connectivity index (χ3v) is 2.56. The minimum absolute atomic E-state index is 0.00185. The van der Waals surface area contributed by atoms with Crippen LogP contribution in [0.25, 0.3) is 0 Å². The predicted molar refractivity (Wildman–Crippen MR) is 71.7 cm³/mol. The molecule has 1 aromatic carbocycles. The van der Waals surface area contributed by atoms with E-state index < -0.39 is 4.92 Å². The molecule has 19 heavy (non-hydrogen) atoms. The van der Waals surface area contributed by atoms with Gasteiger partial charge in [-0.15, -0.1) is 11.6 Å². The van der Waals surface area contributed by atoms with Crippen LogP contribution in [0, 0.1) is 17.0 Å². The lowest BCUT2D eigenvalue weighted by Crippen LogP contribution is -2.27. The van der Waals surface area contributed by atoms with E-state index in [-0.39, 0.29) is 11.6 Å². The van der Waals surface area contributed by atoms with Gasteiger partial charge in [0.2, 0.25) is 0 Å². The first kappa shape index (κ1) is 15.4. The molecule has 104 valence electrons. The second-order valence-corrected chi connectivity index (χ2v) is 4.19. The summed E-state index contributed by atoms with van der Waals surface area (Å²) < 4.78 is 5.11. The number of hydrogen-bond acceptors (Lipinski definition) is 4. The van der Waals surface area contributed by atoms with Crippen LogP contribution in [0.3, 0.4) is 0 Å². The van der Waals surface area contributed by atoms with Gasteiger partial charge in [-0.2, -0.15) is 0 Å². The van der Waals surface area contributed by atoms with Crippen molar-refractivity contribution in [2.24, 2.45) is 0 Å². The first-order chi connectivity index (χ1) is 9.06. The van der Waals surface area contributed by atoms with Crippen LogP contribution in [0.15, 0.2) is 18.2 Å². The molecule has 0 heterocycles. The average Bonchev–Trinajstić information content (AvgIpc) is 2.37. The molecule has 7 heteroatoms. The van der Waals surface area contributed by atoms with Gasteiger partial charge >= 0.3 is 0 Å². The molecule has 1 aromatic rings. The van der Waals surface area contributed by atoms with Crippen molar-refractivity contribution in [1.82, 2.24) is 5.32 Å². The molecule has 1 rings (SSSR count). The maximum atomic E-state index is 11.7. The van der Waals surface area contributed by atoms with Crippen molar-refractivity contribution in [3.63, 3.8) is 0 Å². The number of nitrogens with zero attached hydrogens (tertiary/aromatic N) is 1. The van der Waals surface area contributed by atoms with Crippen molar-refractivity contribution in [3.05, 3.63) is 39.4 Å². The lowest BCUT2D eigenvalue weighted by Gasteiger charge is -2.06. The molecule has 0 atom stereocenters. The molecule has 0 aliphatic heterocycles. The fourth-order valence-electron chi connectivity index (χ4n) is 1.50. The Labute approximate surface area is 115 Å². The Bertz CT molecular complexity index is 465. The molecule has 0 aliphatic rings. The number of nitro groups is 1. The van der Waals surface area contributed by atoms with Gasteiger partial charge in [-0.25, -0.2) is 0 Å². The highest BCUT2D eigenvalue weighted by Crippen LogP contribution is 2.18. The standard InChI is InChI=1S/C12H15ClN2O4/c1-9-8-10(2-3-11(9)15(17)18)12(16)14-5-7-19-6-4-13/h2-3,8H,4-7H2,1H3,(H,14,16). The second kappa shape index (κ2) is 7.70. The van der Waals surface area contributed by atoms with Gasteiger partial charge in [0.05, 0.1) is 18.1 Å². The second-order valence-electron chi connectivity index (χ2n) is 3.82. The number of carbonyl (C=O) groups excluding carboxylic acids is 1. The van der Waals surface area contributed by atoms with E-state index in [1.165, 1.54) is 18.2 Å². The topological polar surface area (TPSA) is 81.5 Å². The summed E-state index contributed by atoms with van der Waals surface area (Å²) in [4.78, 5) is 21.9. The smallest absolute Gasteiger partial charge is 0.272 e. The number of nitro benzene ring substituents is 1. The molecule has 0 aromatic heterocycles. The highest BCUT2D eigenvalue weighted by molar-refractivity contribution is 6.17. The number of hydrogen-bond donors (Lipinski definition) is 1. The Morgan fingerprint density at radius 2 is 2.21 bits per heavy atom. The van der Waals surface area contributed by atoms with E-state index in [9.17, 15) is 14.9 Å². The SMILES string of the molecule is Cc1cc(C(=O)NCCOCCCl)ccc1[N+](=O)[O-]. The number of nitrogens with one attached hydrogen (secondary N) is 1. The first-order valence-corrected chi connectivity index (χ1v) is 6.26. The number of amides is 1. The molecule has 0 spiro atoms. The summed E-state index contributed by atoms with van der Waals surface area (Å²) in [6, 6.07) is 4.25. The molecule has 0 saturated carbocycles. The third kappa shape index (κ3) is 4.84. The minimum Gasteiger partial charge on any atom is -0.378 e. The molecule has 0 saturated heterocycles. The monoisotopic (exact) mass is 286 g/mol. The quantitative estimate of drug-likeness (QED) is 0.359. The van der Waals surface area contributed by atoms with Gasteiger partial charge < -0.3 is 10.1 Å². The van der Waals surface area contributed by atoms with E-state index in [4.69, 9.17) is 16.3 Å². The van der Waals surface area contributed by atoms with E-state index in [2.05, 4.69) is 5.32 Å². The van der Waals surface area contributed by atoms with Gasteiger partial charge in [-0.1, -0.05) is 0 Å². The fraction of sp³-hybridized carbons (Fsp3) is 0.417. The molecule has 0 bridgehead atoms. The van der Waals surface area contributed by atoms with E-state index in [1.807, 2.05) is 0 Å². The van der Waals surface area contributed by atoms with Gasteiger partial charge in [-0.3, -0.25) is 14.9 Å². The fourth-order valence-corrected chi connectivity index (χ4v) is 1.61. The van der Waals surface area contributed by atoms with E-state index >= 15 is 0 Å². The molecule has 1 amide bonds. The van der Waals surface area contributed by atoms with Gasteiger partial charge in [0.25, 0.3) is 11.6 Å². The maximum Gasteiger partial charge on any atom is 0.272 e. The Hall–Kier alpha value is -1.66. The molecule has 0 fully saturated rings. The molecule has 1 N–H and O–H groups in total. The Kier molecular flexibility index (Phi) is 6.24. The summed E-state index contributed by atoms with van der Waals surface area (Å²) in [6.45, 7) is 2.78. The number of rotatable bonds is 7. The van der Waals surface area contributed by atoms with Crippen LogP contribution in [0.4, 0.5) is 5.69 Å². The van der Waals surface area contributed by atoms with Gasteiger partial charge in [0.15, 0.2) is 0 Å². The number of alkyl halides is 1. The number of aryl methyl sites for hydroxylation is 1. The molecule has 0 aliphatic carbocycles. The van der Waals surface area contributed by atoms with E-state index in [0.29, 0.717) is 36.8 Å². The highest BCUT2D eigenvalue weighted by Gasteiger charge is 2.13. The number of ether oxygens (including phenoxy) is 1. The Morgan fingerprint density at radius 1 is 1.47 bits per heavy atom. The zero-order valence-corrected chi connectivity index (χ0v) is 11.3. The lowest BCUT2D eigenvalue weighted by molar-refractivity contribution is -0.385. The maximum absolute atomic E-state index is 11.7. The van der Waals surface area contributed by atoms with Crippen LogP contribution < -0.4 is 5.32 Å². The third-order valence-electron chi connectivity index (χ3n) is 2.41. The predicted octanol–water partition coefficient (Wildman–Crippen LogP) is 1.89. The van der Waals surface area contributed by atoms with Crippen molar-refractivity contribution in [1.29, 1.82) is 0 Å². The summed E-state index contributed by atoms with van der Waals surface area (Å²) in [5.41, 5.74) is 0.846. The summed E-state index contributed by atoms with van der Waals surface area (Å²) in [6.07, 6.45) is 0. The van der Waals surface area contributed by atoms with Crippen LogP contribution >= 0.6 is 11.6 Å². The molecule has 6 nitrogen and oxygen atoms in total. The van der Waals surface area contributed by atoms with Crippen molar-refractivity contribution in [2.45, 2.75) is 6.92 Å². The molecular formula is C12H15ClN2O4. The Morgan fingerprint density at radius 3 is 2.79 bits per heavy atom. The zero-order chi connectivity index (χ0) is 14.3. The lowest BCUT2D eigenvalue weighted by atomic mass is 10.1. The molecule has 0 radical (unpaired) electrons.